The number of ether oxygens (including phenoxy) is 1. The Kier molecular flexibility index (Phi) is 9.31. The molecule has 0 spiro atoms. The SMILES string of the molecule is CCCC[NH+](C[C@H](O)COCc1ccccc1)[C@@H](C)CC. The van der Waals surface area contributed by atoms with Crippen LogP contribution in [0.25, 0.3) is 0 Å². The molecule has 0 saturated carbocycles. The average Bonchev–Trinajstić information content (AvgIpc) is 2.51. The third-order valence-electron chi connectivity index (χ3n) is 4.08. The van der Waals surface area contributed by atoms with Crippen LogP contribution in [-0.4, -0.2) is 36.9 Å². The normalized spacial score (nSPS) is 15.6. The number of aliphatic hydroxyl groups excluding tert-OH is 1. The number of benzene rings is 1. The molecule has 0 aliphatic heterocycles. The van der Waals surface area contributed by atoms with E-state index in [-0.39, 0.29) is 6.10 Å². The molecule has 0 heterocycles. The summed E-state index contributed by atoms with van der Waals surface area (Å²) in [5.41, 5.74) is 1.15. The van der Waals surface area contributed by atoms with E-state index in [4.69, 9.17) is 4.74 Å². The van der Waals surface area contributed by atoms with Crippen molar-refractivity contribution in [3.63, 3.8) is 0 Å². The van der Waals surface area contributed by atoms with Crippen LogP contribution in [-0.2, 0) is 11.3 Å². The molecule has 1 aromatic rings. The van der Waals surface area contributed by atoms with Crippen molar-refractivity contribution < 1.29 is 14.7 Å². The molecule has 21 heavy (non-hydrogen) atoms. The van der Waals surface area contributed by atoms with Gasteiger partial charge in [0.2, 0.25) is 0 Å². The van der Waals surface area contributed by atoms with E-state index in [9.17, 15) is 5.11 Å². The molecule has 0 aliphatic carbocycles. The van der Waals surface area contributed by atoms with Crippen molar-refractivity contribution in [3.8, 4) is 0 Å². The molecule has 0 bridgehead atoms. The van der Waals surface area contributed by atoms with Gasteiger partial charge in [0.1, 0.15) is 12.6 Å². The van der Waals surface area contributed by atoms with Gasteiger partial charge in [0.05, 0.1) is 25.8 Å². The van der Waals surface area contributed by atoms with Crippen LogP contribution in [0.5, 0.6) is 0 Å². The average molecular weight is 294 g/mol. The summed E-state index contributed by atoms with van der Waals surface area (Å²) in [6, 6.07) is 10.7. The van der Waals surface area contributed by atoms with E-state index < -0.39 is 0 Å². The maximum Gasteiger partial charge on any atom is 0.126 e. The predicted octanol–water partition coefficient (Wildman–Crippen LogP) is 2.05. The number of quaternary nitrogens is 1. The molecule has 120 valence electrons. The predicted molar refractivity (Wildman–Crippen MR) is 87.5 cm³/mol. The fourth-order valence-electron chi connectivity index (χ4n) is 2.49. The molecular formula is C18H32NO2+. The number of rotatable bonds is 11. The van der Waals surface area contributed by atoms with Crippen LogP contribution < -0.4 is 4.90 Å². The standard InChI is InChI=1S/C18H31NO2/c1-4-6-12-19(16(3)5-2)13-18(20)15-21-14-17-10-8-7-9-11-17/h7-11,16,18,20H,4-6,12-15H2,1-3H3/p+1/t16-,18-/m0/s1. The first kappa shape index (κ1) is 18.1. The highest BCUT2D eigenvalue weighted by Crippen LogP contribution is 2.00. The van der Waals surface area contributed by atoms with Crippen molar-refractivity contribution in [1.29, 1.82) is 0 Å². The van der Waals surface area contributed by atoms with Gasteiger partial charge in [0, 0.05) is 0 Å². The van der Waals surface area contributed by atoms with Crippen LogP contribution in [0, 0.1) is 0 Å². The Morgan fingerprint density at radius 1 is 1.19 bits per heavy atom. The Balaban J connectivity index is 2.30. The largest absolute Gasteiger partial charge is 0.385 e. The van der Waals surface area contributed by atoms with Gasteiger partial charge < -0.3 is 14.7 Å². The number of hydrogen-bond donors (Lipinski definition) is 2. The summed E-state index contributed by atoms with van der Waals surface area (Å²) in [5, 5.41) is 10.2. The lowest BCUT2D eigenvalue weighted by Gasteiger charge is -2.27. The summed E-state index contributed by atoms with van der Waals surface area (Å²) in [6.07, 6.45) is 3.20. The minimum absolute atomic E-state index is 0.380. The van der Waals surface area contributed by atoms with E-state index in [0.717, 1.165) is 25.1 Å². The zero-order chi connectivity index (χ0) is 15.5. The molecule has 1 unspecified atom stereocenters. The third kappa shape index (κ3) is 7.60. The molecule has 0 amide bonds. The van der Waals surface area contributed by atoms with Crippen molar-refractivity contribution in [2.24, 2.45) is 0 Å². The molecule has 0 aromatic heterocycles. The Hall–Kier alpha value is -0.900. The van der Waals surface area contributed by atoms with E-state index in [1.54, 1.807) is 0 Å². The summed E-state index contributed by atoms with van der Waals surface area (Å²) in [4.78, 5) is 1.50. The number of unbranched alkanes of at least 4 members (excludes halogenated alkanes) is 1. The highest BCUT2D eigenvalue weighted by Gasteiger charge is 2.19. The van der Waals surface area contributed by atoms with Crippen LogP contribution in [0.3, 0.4) is 0 Å². The van der Waals surface area contributed by atoms with Gasteiger partial charge in [0.15, 0.2) is 0 Å². The maximum atomic E-state index is 10.2. The van der Waals surface area contributed by atoms with Crippen molar-refractivity contribution >= 4 is 0 Å². The molecule has 0 fully saturated rings. The zero-order valence-corrected chi connectivity index (χ0v) is 13.8. The van der Waals surface area contributed by atoms with E-state index in [1.807, 2.05) is 30.3 Å². The second kappa shape index (κ2) is 10.8. The van der Waals surface area contributed by atoms with Crippen LogP contribution in [0.4, 0.5) is 0 Å². The van der Waals surface area contributed by atoms with Crippen molar-refractivity contribution in [1.82, 2.24) is 0 Å². The van der Waals surface area contributed by atoms with Crippen LogP contribution in [0.1, 0.15) is 45.6 Å². The third-order valence-corrected chi connectivity index (χ3v) is 4.08. The monoisotopic (exact) mass is 294 g/mol. The van der Waals surface area contributed by atoms with Gasteiger partial charge >= 0.3 is 0 Å². The summed E-state index contributed by atoms with van der Waals surface area (Å²) >= 11 is 0. The van der Waals surface area contributed by atoms with E-state index in [1.165, 1.54) is 17.7 Å². The second-order valence-electron chi connectivity index (χ2n) is 5.93. The molecule has 3 heteroatoms. The Bertz CT molecular complexity index is 355. The molecule has 3 atom stereocenters. The van der Waals surface area contributed by atoms with Gasteiger partial charge in [-0.1, -0.05) is 50.6 Å². The molecule has 0 saturated heterocycles. The maximum absolute atomic E-state index is 10.2. The van der Waals surface area contributed by atoms with Crippen LogP contribution in [0.2, 0.25) is 0 Å². The van der Waals surface area contributed by atoms with Crippen molar-refractivity contribution in [3.05, 3.63) is 35.9 Å². The first-order valence-electron chi connectivity index (χ1n) is 8.31. The summed E-state index contributed by atoms with van der Waals surface area (Å²) in [5.74, 6) is 0. The lowest BCUT2D eigenvalue weighted by atomic mass is 10.1. The molecular weight excluding hydrogens is 262 g/mol. The first-order chi connectivity index (χ1) is 10.2. The Labute approximate surface area is 129 Å². The van der Waals surface area contributed by atoms with Gasteiger partial charge in [-0.15, -0.1) is 0 Å². The summed E-state index contributed by atoms with van der Waals surface area (Å²) in [7, 11) is 0. The lowest BCUT2D eigenvalue weighted by molar-refractivity contribution is -0.926. The molecule has 1 rings (SSSR count). The first-order valence-corrected chi connectivity index (χ1v) is 8.31. The number of hydrogen-bond acceptors (Lipinski definition) is 2. The molecule has 0 radical (unpaired) electrons. The highest BCUT2D eigenvalue weighted by molar-refractivity contribution is 5.13. The van der Waals surface area contributed by atoms with E-state index >= 15 is 0 Å². The minimum Gasteiger partial charge on any atom is -0.385 e. The van der Waals surface area contributed by atoms with Gasteiger partial charge in [-0.05, 0) is 25.3 Å². The number of nitrogens with one attached hydrogen (secondary N) is 1. The van der Waals surface area contributed by atoms with Crippen LogP contribution >= 0.6 is 0 Å². The molecule has 0 aliphatic rings. The van der Waals surface area contributed by atoms with Crippen LogP contribution in [0.15, 0.2) is 30.3 Å². The fraction of sp³-hybridized carbons (Fsp3) is 0.667. The smallest absolute Gasteiger partial charge is 0.126 e. The highest BCUT2D eigenvalue weighted by atomic mass is 16.5. The van der Waals surface area contributed by atoms with E-state index in [2.05, 4.69) is 20.8 Å². The summed E-state index contributed by atoms with van der Waals surface area (Å²) in [6.45, 7) is 9.61. The Morgan fingerprint density at radius 2 is 1.90 bits per heavy atom. The zero-order valence-electron chi connectivity index (χ0n) is 13.8. The van der Waals surface area contributed by atoms with Gasteiger partial charge in [-0.2, -0.15) is 0 Å². The van der Waals surface area contributed by atoms with E-state index in [0.29, 0.717) is 19.3 Å². The van der Waals surface area contributed by atoms with Gasteiger partial charge in [-0.25, -0.2) is 0 Å². The lowest BCUT2D eigenvalue weighted by Crippen LogP contribution is -3.16. The minimum atomic E-state index is -0.380. The topological polar surface area (TPSA) is 33.9 Å². The fourth-order valence-corrected chi connectivity index (χ4v) is 2.49. The van der Waals surface area contributed by atoms with Crippen molar-refractivity contribution in [2.45, 2.75) is 58.8 Å². The van der Waals surface area contributed by atoms with Crippen molar-refractivity contribution in [2.75, 3.05) is 19.7 Å². The molecule has 3 nitrogen and oxygen atoms in total. The summed E-state index contributed by atoms with van der Waals surface area (Å²) < 4.78 is 5.64. The number of aliphatic hydroxyl groups is 1. The second-order valence-corrected chi connectivity index (χ2v) is 5.93. The quantitative estimate of drug-likeness (QED) is 0.655. The molecule has 1 aromatic carbocycles. The molecule has 2 N–H and O–H groups in total. The van der Waals surface area contributed by atoms with Gasteiger partial charge in [0.25, 0.3) is 0 Å². The Morgan fingerprint density at radius 3 is 2.52 bits per heavy atom. The van der Waals surface area contributed by atoms with Gasteiger partial charge in [-0.3, -0.25) is 0 Å².